The Balaban J connectivity index is 1.60. The standard InChI is InChI=1S/C22H29FN6O4S/c1-21(13-34(31,32)22(20(24)28-21)6-8-29(2)9-7-22)15-10-14(4-5-16(15)23)27-19(30)17-11-26-18(33-3)12-25-17/h4-5,10-12,31-32H,6-9,13H2,1-3H3,(H2,24,28)(H,27,30)/t21-/m0/s1. The molecule has 1 aromatic carbocycles. The Morgan fingerprint density at radius 2 is 2.00 bits per heavy atom. The number of nitrogens with zero attached hydrogens (tertiary/aromatic N) is 3. The van der Waals surface area contributed by atoms with Gasteiger partial charge in [-0.25, -0.2) is 14.4 Å². The predicted octanol–water partition coefficient (Wildman–Crippen LogP) is 2.89. The fourth-order valence-corrected chi connectivity index (χ4v) is 7.11. The van der Waals surface area contributed by atoms with Crippen LogP contribution < -0.4 is 15.4 Å². The summed E-state index contributed by atoms with van der Waals surface area (Å²) in [7, 11) is 0.117. The second-order valence-corrected chi connectivity index (χ2v) is 11.4. The van der Waals surface area contributed by atoms with Gasteiger partial charge in [-0.05, 0) is 45.0 Å². The number of likely N-dealkylation sites (tertiary alicyclic amines) is 1. The number of amidine groups is 1. The molecule has 34 heavy (non-hydrogen) atoms. The first-order chi connectivity index (χ1) is 16.0. The van der Waals surface area contributed by atoms with Crippen LogP contribution in [0.1, 0.15) is 35.8 Å². The molecule has 0 unspecified atom stereocenters. The number of halogens is 1. The van der Waals surface area contributed by atoms with Crippen LogP contribution >= 0.6 is 10.6 Å². The number of anilines is 1. The SMILES string of the molecule is COc1cnc(C(=O)Nc2ccc(F)c([C@]3(C)CS(O)(O)C4(CCN(C)CC4)C(=N)N3)c2)cn1. The van der Waals surface area contributed by atoms with Gasteiger partial charge in [0, 0.05) is 24.3 Å². The zero-order valence-corrected chi connectivity index (χ0v) is 20.1. The lowest BCUT2D eigenvalue weighted by Gasteiger charge is -2.60. The number of carbonyl (C=O) groups is 1. The van der Waals surface area contributed by atoms with Crippen LogP contribution in [0.4, 0.5) is 10.1 Å². The van der Waals surface area contributed by atoms with Crippen molar-refractivity contribution >= 4 is 28.0 Å². The fourth-order valence-electron chi connectivity index (χ4n) is 4.59. The van der Waals surface area contributed by atoms with Gasteiger partial charge in [-0.2, -0.15) is 10.6 Å². The van der Waals surface area contributed by atoms with Gasteiger partial charge in [-0.1, -0.05) is 0 Å². The molecule has 3 heterocycles. The zero-order chi connectivity index (χ0) is 24.7. The van der Waals surface area contributed by atoms with Crippen LogP contribution in [-0.2, 0) is 5.54 Å². The number of methoxy groups -OCH3 is 1. The lowest BCUT2D eigenvalue weighted by molar-refractivity contribution is 0.102. The highest BCUT2D eigenvalue weighted by molar-refractivity contribution is 8.26. The van der Waals surface area contributed by atoms with E-state index < -0.39 is 32.6 Å². The first kappa shape index (κ1) is 24.3. The van der Waals surface area contributed by atoms with Crippen LogP contribution in [0, 0.1) is 11.2 Å². The molecule has 2 aliphatic rings. The maximum atomic E-state index is 15.0. The van der Waals surface area contributed by atoms with E-state index in [1.165, 1.54) is 37.7 Å². The van der Waals surface area contributed by atoms with Crippen molar-refractivity contribution in [3.05, 3.63) is 47.7 Å². The maximum Gasteiger partial charge on any atom is 0.275 e. The van der Waals surface area contributed by atoms with Crippen LogP contribution in [0.5, 0.6) is 5.88 Å². The van der Waals surface area contributed by atoms with Crippen molar-refractivity contribution < 1.29 is 23.0 Å². The van der Waals surface area contributed by atoms with Gasteiger partial charge in [0.2, 0.25) is 5.88 Å². The van der Waals surface area contributed by atoms with E-state index in [1.807, 2.05) is 7.05 Å². The third-order valence-corrected chi connectivity index (χ3v) is 9.50. The number of hydrogen-bond donors (Lipinski definition) is 5. The third kappa shape index (κ3) is 4.22. The first-order valence-corrected chi connectivity index (χ1v) is 12.5. The Hall–Kier alpha value is -2.80. The molecular formula is C22H29FN6O4S. The molecule has 2 fully saturated rings. The number of rotatable bonds is 4. The van der Waals surface area contributed by atoms with Gasteiger partial charge in [0.05, 0.1) is 30.8 Å². The van der Waals surface area contributed by atoms with Gasteiger partial charge in [0.15, 0.2) is 0 Å². The van der Waals surface area contributed by atoms with Crippen molar-refractivity contribution in [1.29, 1.82) is 5.41 Å². The van der Waals surface area contributed by atoms with Crippen LogP contribution in [0.2, 0.25) is 0 Å². The molecule has 5 N–H and O–H groups in total. The van der Waals surface area contributed by atoms with E-state index in [4.69, 9.17) is 10.1 Å². The molecule has 2 saturated heterocycles. The summed E-state index contributed by atoms with van der Waals surface area (Å²) in [6.45, 7) is 2.91. The number of ether oxygens (including phenoxy) is 1. The van der Waals surface area contributed by atoms with Crippen molar-refractivity contribution in [3.8, 4) is 5.88 Å². The minimum absolute atomic E-state index is 0.0108. The van der Waals surface area contributed by atoms with Crippen LogP contribution in [0.25, 0.3) is 0 Å². The van der Waals surface area contributed by atoms with Crippen molar-refractivity contribution in [3.63, 3.8) is 0 Å². The number of hydrogen-bond acceptors (Lipinski definition) is 8. The molecule has 1 atom stereocenters. The molecule has 0 radical (unpaired) electrons. The monoisotopic (exact) mass is 492 g/mol. The summed E-state index contributed by atoms with van der Waals surface area (Å²) in [4.78, 5) is 22.6. The highest BCUT2D eigenvalue weighted by atomic mass is 32.3. The predicted molar refractivity (Wildman–Crippen MR) is 128 cm³/mol. The molecule has 0 bridgehead atoms. The Kier molecular flexibility index (Phi) is 6.27. The third-order valence-electron chi connectivity index (χ3n) is 6.66. The molecule has 1 spiro atoms. The minimum atomic E-state index is -3.27. The summed E-state index contributed by atoms with van der Waals surface area (Å²) in [5, 5.41) is 14.4. The molecule has 1 amide bonds. The van der Waals surface area contributed by atoms with E-state index in [-0.39, 0.29) is 28.7 Å². The Morgan fingerprint density at radius 1 is 1.29 bits per heavy atom. The topological polar surface area (TPSA) is 144 Å². The van der Waals surface area contributed by atoms with Crippen LogP contribution in [0.3, 0.4) is 0 Å². The summed E-state index contributed by atoms with van der Waals surface area (Å²) in [6.07, 6.45) is 3.46. The van der Waals surface area contributed by atoms with Gasteiger partial charge in [0.25, 0.3) is 5.91 Å². The van der Waals surface area contributed by atoms with Crippen molar-refractivity contribution in [2.45, 2.75) is 30.1 Å². The Labute approximate surface area is 198 Å². The van der Waals surface area contributed by atoms with Gasteiger partial charge in [0.1, 0.15) is 22.1 Å². The molecule has 1 aromatic heterocycles. The van der Waals surface area contributed by atoms with Crippen molar-refractivity contribution in [2.24, 2.45) is 0 Å². The highest BCUT2D eigenvalue weighted by Crippen LogP contribution is 2.62. The largest absolute Gasteiger partial charge is 0.480 e. The quantitative estimate of drug-likeness (QED) is 0.438. The number of benzene rings is 1. The molecular weight excluding hydrogens is 463 g/mol. The van der Waals surface area contributed by atoms with E-state index in [9.17, 15) is 18.3 Å². The number of piperidine rings is 1. The van der Waals surface area contributed by atoms with Gasteiger partial charge in [-0.15, -0.1) is 0 Å². The lowest BCUT2D eigenvalue weighted by Crippen LogP contribution is -2.66. The molecule has 2 aliphatic heterocycles. The average Bonchev–Trinajstić information content (AvgIpc) is 2.79. The summed E-state index contributed by atoms with van der Waals surface area (Å²) >= 11 is 0. The van der Waals surface area contributed by atoms with Gasteiger partial charge >= 0.3 is 0 Å². The number of carbonyl (C=O) groups excluding carboxylic acids is 1. The molecule has 184 valence electrons. The highest BCUT2D eigenvalue weighted by Gasteiger charge is 2.56. The van der Waals surface area contributed by atoms with E-state index in [0.29, 0.717) is 31.6 Å². The number of aromatic nitrogens is 2. The van der Waals surface area contributed by atoms with Crippen molar-refractivity contribution in [2.75, 3.05) is 38.3 Å². The molecule has 0 saturated carbocycles. The van der Waals surface area contributed by atoms with Crippen molar-refractivity contribution in [1.82, 2.24) is 20.2 Å². The van der Waals surface area contributed by atoms with E-state index >= 15 is 0 Å². The zero-order valence-electron chi connectivity index (χ0n) is 19.3. The maximum absolute atomic E-state index is 15.0. The first-order valence-electron chi connectivity index (χ1n) is 10.8. The van der Waals surface area contributed by atoms with E-state index in [2.05, 4.69) is 25.5 Å². The van der Waals surface area contributed by atoms with Crippen LogP contribution in [-0.4, -0.2) is 73.5 Å². The smallest absolute Gasteiger partial charge is 0.275 e. The minimum Gasteiger partial charge on any atom is -0.480 e. The number of nitrogens with one attached hydrogen (secondary N) is 3. The Morgan fingerprint density at radius 3 is 2.59 bits per heavy atom. The molecule has 0 aliphatic carbocycles. The second-order valence-electron chi connectivity index (χ2n) is 9.03. The second kappa shape index (κ2) is 8.77. The molecule has 4 rings (SSSR count). The summed E-state index contributed by atoms with van der Waals surface area (Å²) < 4.78 is 41.3. The summed E-state index contributed by atoms with van der Waals surface area (Å²) in [6, 6.07) is 4.04. The lowest BCUT2D eigenvalue weighted by atomic mass is 9.88. The summed E-state index contributed by atoms with van der Waals surface area (Å²) in [5.41, 5.74) is -0.785. The van der Waals surface area contributed by atoms with E-state index in [1.54, 1.807) is 6.92 Å². The number of amides is 1. The Bertz CT molecular complexity index is 1110. The average molecular weight is 493 g/mol. The molecule has 2 aromatic rings. The summed E-state index contributed by atoms with van der Waals surface area (Å²) in [5.74, 6) is -1.00. The van der Waals surface area contributed by atoms with Crippen LogP contribution in [0.15, 0.2) is 30.6 Å². The van der Waals surface area contributed by atoms with Gasteiger partial charge < -0.3 is 20.3 Å². The normalized spacial score (nSPS) is 24.8. The molecule has 12 heteroatoms. The van der Waals surface area contributed by atoms with Gasteiger partial charge in [-0.3, -0.25) is 19.3 Å². The fraction of sp³-hybridized carbons (Fsp3) is 0.455. The molecule has 10 nitrogen and oxygen atoms in total. The van der Waals surface area contributed by atoms with E-state index in [0.717, 1.165) is 0 Å².